The Labute approximate surface area is 247 Å². The lowest BCUT2D eigenvalue weighted by Gasteiger charge is -2.22. The first-order chi connectivity index (χ1) is 20.7. The molecule has 0 bridgehead atoms. The van der Waals surface area contributed by atoms with E-state index in [1.54, 1.807) is 12.1 Å². The molecule has 9 heteroatoms. The number of hydrogen-bond donors (Lipinski definition) is 2. The van der Waals surface area contributed by atoms with Gasteiger partial charge in [0.05, 0.1) is 36.0 Å². The maximum absolute atomic E-state index is 14.5. The van der Waals surface area contributed by atoms with Gasteiger partial charge in [-0.3, -0.25) is 19.6 Å². The van der Waals surface area contributed by atoms with Crippen molar-refractivity contribution in [2.24, 2.45) is 4.99 Å². The fourth-order valence-electron chi connectivity index (χ4n) is 5.21. The Balaban J connectivity index is 1.51. The molecule has 43 heavy (non-hydrogen) atoms. The Morgan fingerprint density at radius 2 is 1.65 bits per heavy atom. The van der Waals surface area contributed by atoms with E-state index >= 15 is 0 Å². The lowest BCUT2D eigenvalue weighted by atomic mass is 9.93. The summed E-state index contributed by atoms with van der Waals surface area (Å²) in [5.74, 6) is -3.11. The van der Waals surface area contributed by atoms with E-state index in [1.165, 1.54) is 43.6 Å². The SMILES string of the molecule is CNC(=O)c1cc(-c2cccnc2[C@H](Cc2cc(F)cc(F)c2)NC(=O)CC2=C(C)CN=C2c2ccccc2)ccc1F. The lowest BCUT2D eigenvalue weighted by Crippen LogP contribution is -2.32. The first kappa shape index (κ1) is 29.4. The van der Waals surface area contributed by atoms with Gasteiger partial charge in [0, 0.05) is 24.9 Å². The van der Waals surface area contributed by atoms with Gasteiger partial charge in [0.15, 0.2) is 0 Å². The van der Waals surface area contributed by atoms with Gasteiger partial charge >= 0.3 is 0 Å². The highest BCUT2D eigenvalue weighted by molar-refractivity contribution is 6.16. The second-order valence-electron chi connectivity index (χ2n) is 10.3. The van der Waals surface area contributed by atoms with Gasteiger partial charge in [-0.25, -0.2) is 13.2 Å². The highest BCUT2D eigenvalue weighted by Crippen LogP contribution is 2.31. The molecule has 6 nitrogen and oxygen atoms in total. The van der Waals surface area contributed by atoms with Crippen LogP contribution in [0.4, 0.5) is 13.2 Å². The third-order valence-electron chi connectivity index (χ3n) is 7.27. The van der Waals surface area contributed by atoms with E-state index in [1.807, 2.05) is 37.3 Å². The smallest absolute Gasteiger partial charge is 0.254 e. The Kier molecular flexibility index (Phi) is 8.80. The molecule has 2 amide bonds. The number of carbonyl (C=O) groups excluding carboxylic acids is 2. The summed E-state index contributed by atoms with van der Waals surface area (Å²) in [4.78, 5) is 35.1. The number of pyridine rings is 1. The quantitative estimate of drug-likeness (QED) is 0.249. The molecular weight excluding hydrogens is 553 g/mol. The molecule has 0 radical (unpaired) electrons. The zero-order valence-corrected chi connectivity index (χ0v) is 23.6. The largest absolute Gasteiger partial charge is 0.355 e. The molecule has 4 aromatic rings. The Hall–Kier alpha value is -5.05. The van der Waals surface area contributed by atoms with Gasteiger partial charge in [0.2, 0.25) is 5.91 Å². The van der Waals surface area contributed by atoms with Crippen LogP contribution < -0.4 is 10.6 Å². The average molecular weight is 583 g/mol. The van der Waals surface area contributed by atoms with E-state index in [0.717, 1.165) is 28.5 Å². The monoisotopic (exact) mass is 582 g/mol. The van der Waals surface area contributed by atoms with Crippen LogP contribution >= 0.6 is 0 Å². The number of carbonyl (C=O) groups is 2. The molecule has 2 heterocycles. The van der Waals surface area contributed by atoms with Crippen molar-refractivity contribution in [3.8, 4) is 11.1 Å². The van der Waals surface area contributed by atoms with E-state index in [4.69, 9.17) is 0 Å². The number of hydrogen-bond acceptors (Lipinski definition) is 4. The van der Waals surface area contributed by atoms with Gasteiger partial charge in [0.1, 0.15) is 17.5 Å². The summed E-state index contributed by atoms with van der Waals surface area (Å²) in [5, 5.41) is 5.45. The van der Waals surface area contributed by atoms with Crippen molar-refractivity contribution in [2.75, 3.05) is 13.6 Å². The van der Waals surface area contributed by atoms with Crippen LogP contribution in [0, 0.1) is 17.5 Å². The van der Waals surface area contributed by atoms with Crippen LogP contribution in [0.5, 0.6) is 0 Å². The molecule has 1 atom stereocenters. The zero-order chi connectivity index (χ0) is 30.5. The fourth-order valence-corrected chi connectivity index (χ4v) is 5.21. The maximum atomic E-state index is 14.5. The summed E-state index contributed by atoms with van der Waals surface area (Å²) in [6.45, 7) is 2.42. The number of aliphatic imine (C=N–C) groups is 1. The van der Waals surface area contributed by atoms with Crippen LogP contribution in [-0.2, 0) is 11.2 Å². The molecule has 0 aliphatic carbocycles. The van der Waals surface area contributed by atoms with Crippen molar-refractivity contribution in [3.63, 3.8) is 0 Å². The van der Waals surface area contributed by atoms with Crippen molar-refractivity contribution in [1.29, 1.82) is 0 Å². The molecule has 0 saturated carbocycles. The van der Waals surface area contributed by atoms with Gasteiger partial charge in [-0.15, -0.1) is 0 Å². The normalized spacial score (nSPS) is 13.5. The molecule has 1 aromatic heterocycles. The minimum atomic E-state index is -0.821. The molecule has 1 aliphatic heterocycles. The van der Waals surface area contributed by atoms with E-state index in [2.05, 4.69) is 20.6 Å². The van der Waals surface area contributed by atoms with Crippen LogP contribution in [-0.4, -0.2) is 36.1 Å². The number of aromatic nitrogens is 1. The highest BCUT2D eigenvalue weighted by Gasteiger charge is 2.26. The first-order valence-electron chi connectivity index (χ1n) is 13.7. The number of benzene rings is 3. The van der Waals surface area contributed by atoms with Crippen LogP contribution in [0.3, 0.4) is 0 Å². The van der Waals surface area contributed by atoms with Gasteiger partial charge in [-0.1, -0.05) is 42.5 Å². The van der Waals surface area contributed by atoms with E-state index in [9.17, 15) is 22.8 Å². The summed E-state index contributed by atoms with van der Waals surface area (Å²) in [6.07, 6.45) is 1.59. The zero-order valence-electron chi connectivity index (χ0n) is 23.6. The fraction of sp³-hybridized carbons (Fsp3) is 0.176. The number of nitrogens with one attached hydrogen (secondary N) is 2. The summed E-state index contributed by atoms with van der Waals surface area (Å²) in [5.41, 5.74) is 5.01. The van der Waals surface area contributed by atoms with Gasteiger partial charge in [0.25, 0.3) is 5.91 Å². The van der Waals surface area contributed by atoms with Crippen molar-refractivity contribution in [2.45, 2.75) is 25.8 Å². The third-order valence-corrected chi connectivity index (χ3v) is 7.27. The minimum Gasteiger partial charge on any atom is -0.355 e. The number of halogens is 3. The summed E-state index contributed by atoms with van der Waals surface area (Å²) < 4.78 is 42.8. The standard InChI is InChI=1S/C34H29F3N4O2/c1-20-19-40-32(22-7-4-3-5-8-22)27(20)18-31(42)41-30(15-21-13-24(35)17-25(36)14-21)33-26(9-6-12-39-33)23-10-11-29(37)28(16-23)34(43)38-2/h3-14,16-17,30H,15,18-19H2,1-2H3,(H,38,43)(H,41,42)/t30-/m0/s1. The average Bonchev–Trinajstić information content (AvgIpc) is 3.36. The highest BCUT2D eigenvalue weighted by atomic mass is 19.1. The van der Waals surface area contributed by atoms with Crippen molar-refractivity contribution in [1.82, 2.24) is 15.6 Å². The summed E-state index contributed by atoms with van der Waals surface area (Å²) in [6, 6.07) is 19.5. The summed E-state index contributed by atoms with van der Waals surface area (Å²) in [7, 11) is 1.41. The molecule has 2 N–H and O–H groups in total. The Morgan fingerprint density at radius 1 is 0.907 bits per heavy atom. The predicted octanol–water partition coefficient (Wildman–Crippen LogP) is 6.14. The molecular formula is C34H29F3N4O2. The minimum absolute atomic E-state index is 0.0194. The molecule has 0 unspecified atom stereocenters. The van der Waals surface area contributed by atoms with Gasteiger partial charge < -0.3 is 10.6 Å². The molecule has 0 saturated heterocycles. The lowest BCUT2D eigenvalue weighted by molar-refractivity contribution is -0.121. The topological polar surface area (TPSA) is 83.5 Å². The van der Waals surface area contributed by atoms with E-state index < -0.39 is 29.4 Å². The van der Waals surface area contributed by atoms with E-state index in [-0.39, 0.29) is 24.3 Å². The summed E-state index contributed by atoms with van der Waals surface area (Å²) >= 11 is 0. The molecule has 5 rings (SSSR count). The van der Waals surface area contributed by atoms with Crippen LogP contribution in [0.25, 0.3) is 11.1 Å². The molecule has 218 valence electrons. The van der Waals surface area contributed by atoms with Gasteiger partial charge in [-0.2, -0.15) is 0 Å². The van der Waals surface area contributed by atoms with Crippen LogP contribution in [0.1, 0.15) is 46.6 Å². The van der Waals surface area contributed by atoms with Crippen LogP contribution in [0.15, 0.2) is 101 Å². The van der Waals surface area contributed by atoms with Crippen LogP contribution in [0.2, 0.25) is 0 Å². The first-order valence-corrected chi connectivity index (χ1v) is 13.7. The molecule has 0 fully saturated rings. The Morgan fingerprint density at radius 3 is 2.37 bits per heavy atom. The van der Waals surface area contributed by atoms with Crippen molar-refractivity contribution in [3.05, 3.63) is 136 Å². The second-order valence-corrected chi connectivity index (χ2v) is 10.3. The van der Waals surface area contributed by atoms with Crippen molar-refractivity contribution >= 4 is 17.5 Å². The molecule has 1 aliphatic rings. The third kappa shape index (κ3) is 6.72. The molecule has 0 spiro atoms. The van der Waals surface area contributed by atoms with Crippen molar-refractivity contribution < 1.29 is 22.8 Å². The van der Waals surface area contributed by atoms with E-state index in [0.29, 0.717) is 28.9 Å². The maximum Gasteiger partial charge on any atom is 0.254 e. The van der Waals surface area contributed by atoms with Gasteiger partial charge in [-0.05, 0) is 71.5 Å². The molecule has 3 aromatic carbocycles. The number of amides is 2. The number of nitrogens with zero attached hydrogens (tertiary/aromatic N) is 2. The number of rotatable bonds is 9. The second kappa shape index (κ2) is 12.9. The Bertz CT molecular complexity index is 1730. The predicted molar refractivity (Wildman–Crippen MR) is 159 cm³/mol.